The molecule has 0 aromatic heterocycles. The van der Waals surface area contributed by atoms with Crippen LogP contribution in [0.2, 0.25) is 0 Å². The minimum atomic E-state index is -0.814. The fourth-order valence-corrected chi connectivity index (χ4v) is 6.74. The lowest BCUT2D eigenvalue weighted by molar-refractivity contribution is -0.167. The predicted octanol–water partition coefficient (Wildman–Crippen LogP) is 17.0. The van der Waals surface area contributed by atoms with Gasteiger partial charge in [0.1, 0.15) is 13.2 Å². The molecule has 0 aliphatic rings. The average Bonchev–Trinajstić information content (AvgIpc) is 3.28. The molecule has 0 heterocycles. The highest BCUT2D eigenvalue weighted by molar-refractivity contribution is 5.71. The summed E-state index contributed by atoms with van der Waals surface area (Å²) in [4.78, 5) is 37.9. The molecule has 0 amide bonds. The van der Waals surface area contributed by atoms with Crippen molar-refractivity contribution in [2.75, 3.05) is 13.2 Å². The first kappa shape index (κ1) is 59.3. The molecule has 1 unspecified atom stereocenters. The second kappa shape index (κ2) is 51.0. The van der Waals surface area contributed by atoms with Crippen LogP contribution in [0.5, 0.6) is 0 Å². The molecule has 0 saturated heterocycles. The molecule has 0 aliphatic carbocycles. The van der Waals surface area contributed by atoms with Gasteiger partial charge < -0.3 is 14.2 Å². The van der Waals surface area contributed by atoms with Crippen LogP contribution in [0.25, 0.3) is 0 Å². The molecule has 0 spiro atoms. The highest BCUT2D eigenvalue weighted by atomic mass is 16.6. The molecule has 0 radical (unpaired) electrons. The van der Waals surface area contributed by atoms with Crippen LogP contribution in [-0.4, -0.2) is 37.2 Å². The Morgan fingerprint density at radius 3 is 1.11 bits per heavy atom. The van der Waals surface area contributed by atoms with Gasteiger partial charge in [-0.15, -0.1) is 0 Å². The number of allylic oxidation sites excluding steroid dienone is 16. The molecule has 0 aliphatic heterocycles. The molecular formula is C57H94O6. The molecule has 0 aromatic carbocycles. The smallest absolute Gasteiger partial charge is 0.306 e. The molecule has 0 saturated carbocycles. The Labute approximate surface area is 387 Å². The van der Waals surface area contributed by atoms with Crippen LogP contribution in [-0.2, 0) is 28.6 Å². The monoisotopic (exact) mass is 875 g/mol. The zero-order chi connectivity index (χ0) is 45.8. The van der Waals surface area contributed by atoms with E-state index in [1.165, 1.54) is 89.9 Å². The molecule has 0 aromatic rings. The summed E-state index contributed by atoms with van der Waals surface area (Å²) in [5, 5.41) is 0. The van der Waals surface area contributed by atoms with Gasteiger partial charge in [-0.25, -0.2) is 0 Å². The van der Waals surface area contributed by atoms with E-state index in [4.69, 9.17) is 14.2 Å². The van der Waals surface area contributed by atoms with E-state index in [0.717, 1.165) is 89.9 Å². The number of rotatable bonds is 45. The Hall–Kier alpha value is -3.67. The Morgan fingerprint density at radius 1 is 0.333 bits per heavy atom. The number of ether oxygens (including phenoxy) is 3. The van der Waals surface area contributed by atoms with Gasteiger partial charge in [0.2, 0.25) is 0 Å². The van der Waals surface area contributed by atoms with Gasteiger partial charge in [-0.3, -0.25) is 14.4 Å². The van der Waals surface area contributed by atoms with E-state index < -0.39 is 6.10 Å². The summed E-state index contributed by atoms with van der Waals surface area (Å²) in [7, 11) is 0. The van der Waals surface area contributed by atoms with E-state index in [-0.39, 0.29) is 37.5 Å². The molecule has 1 atom stereocenters. The van der Waals surface area contributed by atoms with Crippen molar-refractivity contribution in [1.82, 2.24) is 0 Å². The molecule has 0 fully saturated rings. The first-order valence-corrected chi connectivity index (χ1v) is 25.8. The van der Waals surface area contributed by atoms with Gasteiger partial charge in [-0.2, -0.15) is 0 Å². The number of carbonyl (C=O) groups excluding carboxylic acids is 3. The van der Waals surface area contributed by atoms with Crippen molar-refractivity contribution in [3.63, 3.8) is 0 Å². The van der Waals surface area contributed by atoms with Crippen molar-refractivity contribution < 1.29 is 28.6 Å². The zero-order valence-corrected chi connectivity index (χ0v) is 40.8. The first-order chi connectivity index (χ1) is 31.0. The van der Waals surface area contributed by atoms with Crippen molar-refractivity contribution >= 4 is 17.9 Å². The maximum absolute atomic E-state index is 12.8. The summed E-state index contributed by atoms with van der Waals surface area (Å²) >= 11 is 0. The number of unbranched alkanes of at least 4 members (excludes halogenated alkanes) is 21. The van der Waals surface area contributed by atoms with E-state index in [1.54, 1.807) is 0 Å². The second-order valence-electron chi connectivity index (χ2n) is 16.8. The third-order valence-corrected chi connectivity index (χ3v) is 10.7. The fraction of sp³-hybridized carbons (Fsp3) is 0.667. The van der Waals surface area contributed by atoms with Crippen LogP contribution in [0.4, 0.5) is 0 Å². The Morgan fingerprint density at radius 2 is 0.651 bits per heavy atom. The van der Waals surface area contributed by atoms with Gasteiger partial charge in [0.15, 0.2) is 6.10 Å². The van der Waals surface area contributed by atoms with E-state index in [1.807, 2.05) is 0 Å². The molecule has 0 rings (SSSR count). The zero-order valence-electron chi connectivity index (χ0n) is 40.8. The van der Waals surface area contributed by atoms with E-state index in [0.29, 0.717) is 19.3 Å². The lowest BCUT2D eigenvalue weighted by atomic mass is 10.1. The molecule has 0 N–H and O–H groups in total. The molecule has 0 bridgehead atoms. The van der Waals surface area contributed by atoms with E-state index in [9.17, 15) is 14.4 Å². The second-order valence-corrected chi connectivity index (χ2v) is 16.8. The van der Waals surface area contributed by atoms with Gasteiger partial charge in [0, 0.05) is 19.3 Å². The fourth-order valence-electron chi connectivity index (χ4n) is 6.74. The summed E-state index contributed by atoms with van der Waals surface area (Å²) in [6, 6.07) is 0. The molecule has 6 nitrogen and oxygen atoms in total. The van der Waals surface area contributed by atoms with E-state index >= 15 is 0 Å². The summed E-state index contributed by atoms with van der Waals surface area (Å²) in [5.41, 5.74) is 0. The van der Waals surface area contributed by atoms with Gasteiger partial charge in [-0.05, 0) is 83.5 Å². The highest BCUT2D eigenvalue weighted by Crippen LogP contribution is 2.13. The van der Waals surface area contributed by atoms with E-state index in [2.05, 4.69) is 118 Å². The van der Waals surface area contributed by atoms with Crippen molar-refractivity contribution in [2.45, 2.75) is 232 Å². The first-order valence-electron chi connectivity index (χ1n) is 25.8. The van der Waals surface area contributed by atoms with Crippen molar-refractivity contribution in [2.24, 2.45) is 0 Å². The molecule has 358 valence electrons. The predicted molar refractivity (Wildman–Crippen MR) is 270 cm³/mol. The number of carbonyl (C=O) groups is 3. The van der Waals surface area contributed by atoms with Gasteiger partial charge in [0.05, 0.1) is 0 Å². The van der Waals surface area contributed by atoms with Gasteiger partial charge in [-0.1, -0.05) is 221 Å². The normalized spacial score (nSPS) is 12.9. The van der Waals surface area contributed by atoms with Crippen LogP contribution in [0.1, 0.15) is 226 Å². The third-order valence-electron chi connectivity index (χ3n) is 10.7. The van der Waals surface area contributed by atoms with Crippen molar-refractivity contribution in [3.8, 4) is 0 Å². The van der Waals surface area contributed by atoms with Gasteiger partial charge >= 0.3 is 17.9 Å². The summed E-state index contributed by atoms with van der Waals surface area (Å²) in [5.74, 6) is -0.992. The Balaban J connectivity index is 4.51. The number of hydrogen-bond donors (Lipinski definition) is 0. The lowest BCUT2D eigenvalue weighted by Gasteiger charge is -2.18. The van der Waals surface area contributed by atoms with Crippen LogP contribution >= 0.6 is 0 Å². The van der Waals surface area contributed by atoms with Crippen LogP contribution < -0.4 is 0 Å². The van der Waals surface area contributed by atoms with Gasteiger partial charge in [0.25, 0.3) is 0 Å². The standard InChI is InChI=1S/C57H94O6/c1-4-7-10-13-16-19-22-24-26-28-30-31-33-35-38-41-44-47-50-56(59)62-53-54(52-61-55(58)49-46-43-40-37-21-18-15-12-9-6-3)63-57(60)51-48-45-42-39-36-34-32-29-27-25-23-20-17-14-11-8-5-2/h16-17,19-20,22,24-28,30-32,34,39,42,54H,4-15,18,21,23,29,33,35-38,40-41,43-53H2,1-3H3/b19-16-,20-17-,24-22-,27-25-,28-26-,31-30-,34-32-,42-39-. The Kier molecular flexibility index (Phi) is 48.0. The molecule has 6 heteroatoms. The highest BCUT2D eigenvalue weighted by Gasteiger charge is 2.19. The largest absolute Gasteiger partial charge is 0.462 e. The summed E-state index contributed by atoms with van der Waals surface area (Å²) < 4.78 is 16.7. The van der Waals surface area contributed by atoms with Crippen LogP contribution in [0.15, 0.2) is 97.2 Å². The molecule has 63 heavy (non-hydrogen) atoms. The van der Waals surface area contributed by atoms with Crippen LogP contribution in [0, 0.1) is 0 Å². The molecular weight excluding hydrogens is 781 g/mol. The summed E-state index contributed by atoms with van der Waals surface area (Å²) in [6.07, 6.45) is 66.7. The third kappa shape index (κ3) is 49.2. The minimum Gasteiger partial charge on any atom is -0.462 e. The van der Waals surface area contributed by atoms with Crippen molar-refractivity contribution in [3.05, 3.63) is 97.2 Å². The SMILES string of the molecule is CCCCC\C=C/C=C\C=C/C=C\CCCCCCCC(=O)OCC(COC(=O)CCCCCCCCCCCC)OC(=O)CCC/C=C\C/C=C\C/C=C\C/C=C\CCCCC. The Bertz CT molecular complexity index is 1280. The van der Waals surface area contributed by atoms with Crippen LogP contribution in [0.3, 0.4) is 0 Å². The quantitative estimate of drug-likeness (QED) is 0.0199. The topological polar surface area (TPSA) is 78.9 Å². The lowest BCUT2D eigenvalue weighted by Crippen LogP contribution is -2.30. The maximum atomic E-state index is 12.8. The minimum absolute atomic E-state index is 0.107. The summed E-state index contributed by atoms with van der Waals surface area (Å²) in [6.45, 7) is 6.48. The maximum Gasteiger partial charge on any atom is 0.306 e. The number of esters is 3. The van der Waals surface area contributed by atoms with Crippen molar-refractivity contribution in [1.29, 1.82) is 0 Å². The number of hydrogen-bond acceptors (Lipinski definition) is 6. The average molecular weight is 875 g/mol.